The summed E-state index contributed by atoms with van der Waals surface area (Å²) in [7, 11) is 0. The summed E-state index contributed by atoms with van der Waals surface area (Å²) in [6.07, 6.45) is 6.75. The first kappa shape index (κ1) is 12.7. The molecule has 1 aromatic heterocycles. The summed E-state index contributed by atoms with van der Waals surface area (Å²) in [5.74, 6) is 0. The maximum absolute atomic E-state index is 4.26. The van der Waals surface area contributed by atoms with Gasteiger partial charge in [0.1, 0.15) is 0 Å². The number of halogens is 1. The van der Waals surface area contributed by atoms with Gasteiger partial charge < -0.3 is 5.32 Å². The van der Waals surface area contributed by atoms with Crippen LogP contribution in [-0.2, 0) is 0 Å². The number of hydrogen-bond acceptors (Lipinski definition) is 3. The summed E-state index contributed by atoms with van der Waals surface area (Å²) in [6, 6.07) is 2.56. The predicted molar refractivity (Wildman–Crippen MR) is 73.9 cm³/mol. The van der Waals surface area contributed by atoms with Crippen molar-refractivity contribution in [3.05, 3.63) is 41.2 Å². The van der Waals surface area contributed by atoms with Crippen molar-refractivity contribution in [2.45, 2.75) is 12.5 Å². The Kier molecular flexibility index (Phi) is 4.71. The van der Waals surface area contributed by atoms with Crippen LogP contribution in [0.15, 0.2) is 35.6 Å². The van der Waals surface area contributed by atoms with Gasteiger partial charge in [-0.1, -0.05) is 6.08 Å². The molecule has 0 spiro atoms. The second-order valence-electron chi connectivity index (χ2n) is 4.26. The van der Waals surface area contributed by atoms with Crippen LogP contribution in [0.2, 0.25) is 0 Å². The molecule has 0 saturated carbocycles. The fourth-order valence-electron chi connectivity index (χ4n) is 2.26. The zero-order chi connectivity index (χ0) is 12.1. The van der Waals surface area contributed by atoms with E-state index < -0.39 is 0 Å². The molecule has 1 aromatic rings. The molecule has 3 nitrogen and oxygen atoms in total. The Labute approximate surface area is 111 Å². The van der Waals surface area contributed by atoms with E-state index in [2.05, 4.69) is 43.8 Å². The summed E-state index contributed by atoms with van der Waals surface area (Å²) in [5.41, 5.74) is 1.26. The monoisotopic (exact) mass is 295 g/mol. The molecule has 0 aliphatic carbocycles. The second kappa shape index (κ2) is 6.28. The molecule has 4 heteroatoms. The number of nitrogens with one attached hydrogen (secondary N) is 1. The molecule has 0 unspecified atom stereocenters. The molecular formula is C13H18BrN3. The Morgan fingerprint density at radius 2 is 2.24 bits per heavy atom. The minimum Gasteiger partial charge on any atom is -0.314 e. The highest BCUT2D eigenvalue weighted by Crippen LogP contribution is 2.26. The second-order valence-corrected chi connectivity index (χ2v) is 5.18. The lowest BCUT2D eigenvalue weighted by Crippen LogP contribution is -2.45. The lowest BCUT2D eigenvalue weighted by molar-refractivity contribution is 0.174. The van der Waals surface area contributed by atoms with Gasteiger partial charge in [0, 0.05) is 49.1 Å². The lowest BCUT2D eigenvalue weighted by Gasteiger charge is -2.34. The Morgan fingerprint density at radius 3 is 2.88 bits per heavy atom. The van der Waals surface area contributed by atoms with Crippen molar-refractivity contribution in [1.29, 1.82) is 0 Å². The highest BCUT2D eigenvalue weighted by molar-refractivity contribution is 9.10. The van der Waals surface area contributed by atoms with Gasteiger partial charge in [-0.15, -0.1) is 6.58 Å². The number of rotatable bonds is 4. The average molecular weight is 296 g/mol. The zero-order valence-electron chi connectivity index (χ0n) is 9.90. The molecule has 92 valence electrons. The van der Waals surface area contributed by atoms with E-state index in [0.717, 1.165) is 37.1 Å². The number of nitrogens with zero attached hydrogens (tertiary/aromatic N) is 2. The van der Waals surface area contributed by atoms with Gasteiger partial charge in [0.05, 0.1) is 0 Å². The van der Waals surface area contributed by atoms with E-state index in [1.807, 2.05) is 18.5 Å². The minimum atomic E-state index is 0.402. The van der Waals surface area contributed by atoms with Crippen molar-refractivity contribution in [3.8, 4) is 0 Å². The predicted octanol–water partition coefficient (Wildman–Crippen LogP) is 2.37. The van der Waals surface area contributed by atoms with Crippen molar-refractivity contribution in [2.24, 2.45) is 0 Å². The Hall–Kier alpha value is -0.710. The van der Waals surface area contributed by atoms with Crippen LogP contribution in [0.5, 0.6) is 0 Å². The van der Waals surface area contributed by atoms with Crippen LogP contribution in [0, 0.1) is 0 Å². The Bertz CT molecular complexity index is 375. The average Bonchev–Trinajstić information content (AvgIpc) is 2.37. The minimum absolute atomic E-state index is 0.402. The first-order valence-corrected chi connectivity index (χ1v) is 6.76. The first-order valence-electron chi connectivity index (χ1n) is 5.97. The molecule has 0 amide bonds. The highest BCUT2D eigenvalue weighted by atomic mass is 79.9. The molecule has 1 atom stereocenters. The van der Waals surface area contributed by atoms with Crippen LogP contribution in [0.3, 0.4) is 0 Å². The van der Waals surface area contributed by atoms with Crippen LogP contribution in [0.1, 0.15) is 18.0 Å². The molecule has 1 N–H and O–H groups in total. The number of hydrogen-bond donors (Lipinski definition) is 1. The van der Waals surface area contributed by atoms with Crippen LogP contribution >= 0.6 is 15.9 Å². The van der Waals surface area contributed by atoms with E-state index in [1.54, 1.807) is 0 Å². The highest BCUT2D eigenvalue weighted by Gasteiger charge is 2.21. The van der Waals surface area contributed by atoms with Crippen molar-refractivity contribution in [1.82, 2.24) is 15.2 Å². The summed E-state index contributed by atoms with van der Waals surface area (Å²) in [5, 5.41) is 3.38. The van der Waals surface area contributed by atoms with Crippen molar-refractivity contribution in [3.63, 3.8) is 0 Å². The maximum atomic E-state index is 4.26. The molecule has 1 aliphatic rings. The largest absolute Gasteiger partial charge is 0.314 e. The van der Waals surface area contributed by atoms with Crippen LogP contribution in [0.4, 0.5) is 0 Å². The van der Waals surface area contributed by atoms with Gasteiger partial charge in [0.15, 0.2) is 0 Å². The van der Waals surface area contributed by atoms with Gasteiger partial charge in [-0.2, -0.15) is 0 Å². The molecule has 2 rings (SSSR count). The summed E-state index contributed by atoms with van der Waals surface area (Å²) in [6.45, 7) is 8.17. The van der Waals surface area contributed by atoms with Crippen molar-refractivity contribution >= 4 is 15.9 Å². The van der Waals surface area contributed by atoms with Crippen LogP contribution in [0.25, 0.3) is 0 Å². The van der Waals surface area contributed by atoms with E-state index in [9.17, 15) is 0 Å². The fraction of sp³-hybridized carbons (Fsp3) is 0.462. The van der Waals surface area contributed by atoms with E-state index >= 15 is 0 Å². The van der Waals surface area contributed by atoms with Crippen molar-refractivity contribution in [2.75, 3.05) is 26.2 Å². The van der Waals surface area contributed by atoms with E-state index in [1.165, 1.54) is 5.56 Å². The molecule has 0 aromatic carbocycles. The summed E-state index contributed by atoms with van der Waals surface area (Å²) >= 11 is 3.49. The summed E-state index contributed by atoms with van der Waals surface area (Å²) < 4.78 is 1.04. The van der Waals surface area contributed by atoms with Gasteiger partial charge in [-0.25, -0.2) is 0 Å². The normalized spacial score (nSPS) is 18.9. The zero-order valence-corrected chi connectivity index (χ0v) is 11.5. The maximum Gasteiger partial charge on any atom is 0.0410 e. The van der Waals surface area contributed by atoms with Crippen LogP contribution < -0.4 is 5.32 Å². The molecule has 17 heavy (non-hydrogen) atoms. The van der Waals surface area contributed by atoms with Gasteiger partial charge in [-0.05, 0) is 34.0 Å². The smallest absolute Gasteiger partial charge is 0.0410 e. The Balaban J connectivity index is 2.18. The van der Waals surface area contributed by atoms with Gasteiger partial charge in [0.2, 0.25) is 0 Å². The van der Waals surface area contributed by atoms with Gasteiger partial charge >= 0.3 is 0 Å². The van der Waals surface area contributed by atoms with Gasteiger partial charge in [0.25, 0.3) is 0 Å². The van der Waals surface area contributed by atoms with Crippen LogP contribution in [-0.4, -0.2) is 36.1 Å². The molecule has 2 heterocycles. The summed E-state index contributed by atoms with van der Waals surface area (Å²) in [4.78, 5) is 6.76. The van der Waals surface area contributed by atoms with Gasteiger partial charge in [-0.3, -0.25) is 9.88 Å². The third kappa shape index (κ3) is 3.37. The SMILES string of the molecule is C=CC[C@@H](c1cncc(Br)c1)N1CCNCC1. The number of piperazine rings is 1. The number of aromatic nitrogens is 1. The molecule has 0 radical (unpaired) electrons. The van der Waals surface area contributed by atoms with Crippen molar-refractivity contribution < 1.29 is 0 Å². The fourth-order valence-corrected chi connectivity index (χ4v) is 2.64. The topological polar surface area (TPSA) is 28.2 Å². The molecular weight excluding hydrogens is 278 g/mol. The Morgan fingerprint density at radius 1 is 1.47 bits per heavy atom. The standard InChI is InChI=1S/C13H18BrN3/c1-2-3-13(17-6-4-15-5-7-17)11-8-12(14)10-16-9-11/h2,8-10,13,15H,1,3-7H2/t13-/m0/s1. The number of pyridine rings is 1. The van der Waals surface area contributed by atoms with E-state index in [-0.39, 0.29) is 0 Å². The molecule has 0 bridgehead atoms. The third-order valence-corrected chi connectivity index (χ3v) is 3.53. The molecule has 1 fully saturated rings. The molecule has 1 saturated heterocycles. The quantitative estimate of drug-likeness (QED) is 0.865. The first-order chi connectivity index (χ1) is 8.31. The lowest BCUT2D eigenvalue weighted by atomic mass is 10.0. The van der Waals surface area contributed by atoms with E-state index in [0.29, 0.717) is 6.04 Å². The molecule has 1 aliphatic heterocycles. The van der Waals surface area contributed by atoms with E-state index in [4.69, 9.17) is 0 Å². The third-order valence-electron chi connectivity index (χ3n) is 3.09.